The van der Waals surface area contributed by atoms with Gasteiger partial charge in [-0.1, -0.05) is 42.0 Å². The number of nitrogens with zero attached hydrogens (tertiary/aromatic N) is 2. The average molecular weight is 663 g/mol. The Labute approximate surface area is 249 Å². The number of carbonyl (C=O) groups excluding carboxylic acids is 1. The van der Waals surface area contributed by atoms with Crippen molar-refractivity contribution in [2.75, 3.05) is 5.32 Å². The molecule has 1 heterocycles. The number of nitrogens with one attached hydrogen (secondary N) is 2. The predicted molar refractivity (Wildman–Crippen MR) is 167 cm³/mol. The minimum Gasteiger partial charge on any atom is -0.488 e. The largest absolute Gasteiger partial charge is 0.488 e. The Morgan fingerprint density at radius 3 is 2.50 bits per heavy atom. The van der Waals surface area contributed by atoms with Crippen LogP contribution >= 0.6 is 33.9 Å². The first kappa shape index (κ1) is 27.5. The van der Waals surface area contributed by atoms with Crippen LogP contribution in [0.5, 0.6) is 5.75 Å². The molecule has 5 aromatic rings. The van der Waals surface area contributed by atoms with Crippen molar-refractivity contribution in [3.8, 4) is 17.0 Å². The molecule has 40 heavy (non-hydrogen) atoms. The van der Waals surface area contributed by atoms with Gasteiger partial charge in [-0.25, -0.2) is 14.8 Å². The Balaban J connectivity index is 1.14. The van der Waals surface area contributed by atoms with Gasteiger partial charge < -0.3 is 10.1 Å². The van der Waals surface area contributed by atoms with Crippen LogP contribution in [0.15, 0.2) is 101 Å². The maximum atomic E-state index is 13.1. The second-order valence-electron chi connectivity index (χ2n) is 8.91. The lowest BCUT2D eigenvalue weighted by molar-refractivity contribution is 0.0955. The Morgan fingerprint density at radius 1 is 1.02 bits per heavy atom. The number of carbonyl (C=O) groups is 1. The predicted octanol–water partition coefficient (Wildman–Crippen LogP) is 7.95. The summed E-state index contributed by atoms with van der Waals surface area (Å²) in [6, 6.07) is 27.2. The van der Waals surface area contributed by atoms with Gasteiger partial charge in [0.1, 0.15) is 18.2 Å². The summed E-state index contributed by atoms with van der Waals surface area (Å²) in [4.78, 5) is 17.2. The molecule has 1 aromatic heterocycles. The first-order valence-corrected chi connectivity index (χ1v) is 14.3. The molecule has 200 valence electrons. The molecular weight excluding hydrogens is 638 g/mol. The SMILES string of the molecule is Cc1ccc(Nc2nc(-c3ccc(C(=O)N/N=C\c4ccc(OCc5ccc(F)cc5)c(I)c4)cc3)cs2)cc1. The number of amides is 1. The van der Waals surface area contributed by atoms with Crippen molar-refractivity contribution in [1.82, 2.24) is 10.4 Å². The van der Waals surface area contributed by atoms with Gasteiger partial charge in [0.25, 0.3) is 5.91 Å². The molecule has 0 spiro atoms. The van der Waals surface area contributed by atoms with E-state index in [0.29, 0.717) is 17.9 Å². The second kappa shape index (κ2) is 12.8. The number of halogens is 2. The topological polar surface area (TPSA) is 75.6 Å². The lowest BCUT2D eigenvalue weighted by atomic mass is 10.1. The molecular formula is C31H24FIN4O2S. The van der Waals surface area contributed by atoms with Crippen LogP contribution in [-0.2, 0) is 6.61 Å². The van der Waals surface area contributed by atoms with Gasteiger partial charge in [-0.15, -0.1) is 11.3 Å². The van der Waals surface area contributed by atoms with E-state index in [1.807, 2.05) is 47.8 Å². The summed E-state index contributed by atoms with van der Waals surface area (Å²) >= 11 is 3.71. The fourth-order valence-electron chi connectivity index (χ4n) is 3.70. The van der Waals surface area contributed by atoms with E-state index in [1.165, 1.54) is 29.0 Å². The first-order valence-electron chi connectivity index (χ1n) is 12.3. The van der Waals surface area contributed by atoms with Gasteiger partial charge in [0.2, 0.25) is 0 Å². The highest BCUT2D eigenvalue weighted by molar-refractivity contribution is 14.1. The number of aromatic nitrogens is 1. The number of rotatable bonds is 9. The van der Waals surface area contributed by atoms with Crippen LogP contribution in [0.1, 0.15) is 27.0 Å². The smallest absolute Gasteiger partial charge is 0.271 e. The van der Waals surface area contributed by atoms with Crippen LogP contribution in [-0.4, -0.2) is 17.1 Å². The lowest BCUT2D eigenvalue weighted by Crippen LogP contribution is -2.17. The zero-order valence-electron chi connectivity index (χ0n) is 21.4. The van der Waals surface area contributed by atoms with Crippen LogP contribution < -0.4 is 15.5 Å². The van der Waals surface area contributed by atoms with Crippen LogP contribution in [0.25, 0.3) is 11.3 Å². The Bertz CT molecular complexity index is 1640. The highest BCUT2D eigenvalue weighted by Crippen LogP contribution is 2.27. The highest BCUT2D eigenvalue weighted by atomic mass is 127. The van der Waals surface area contributed by atoms with Crippen LogP contribution in [0, 0.1) is 16.3 Å². The number of hydrogen-bond acceptors (Lipinski definition) is 6. The molecule has 0 saturated carbocycles. The standard InChI is InChI=1S/C31H24FIN4O2S/c1-20-2-13-26(14-3-20)35-31-36-28(19-40-31)23-7-9-24(10-8-23)30(38)37-34-17-22-6-15-29(27(33)16-22)39-18-21-4-11-25(32)12-5-21/h2-17,19H,18H2,1H3,(H,35,36)(H,37,38)/b34-17-. The van der Waals surface area contributed by atoms with Crippen molar-refractivity contribution < 1.29 is 13.9 Å². The summed E-state index contributed by atoms with van der Waals surface area (Å²) < 4.78 is 19.8. The zero-order chi connectivity index (χ0) is 27.9. The van der Waals surface area contributed by atoms with E-state index < -0.39 is 0 Å². The maximum Gasteiger partial charge on any atom is 0.271 e. The zero-order valence-corrected chi connectivity index (χ0v) is 24.4. The van der Waals surface area contributed by atoms with Gasteiger partial charge in [-0.2, -0.15) is 5.10 Å². The van der Waals surface area contributed by atoms with Gasteiger partial charge in [-0.05, 0) is 95.2 Å². The van der Waals surface area contributed by atoms with E-state index in [4.69, 9.17) is 4.74 Å². The molecule has 0 radical (unpaired) electrons. The van der Waals surface area contributed by atoms with E-state index in [-0.39, 0.29) is 11.7 Å². The van der Waals surface area contributed by atoms with E-state index in [2.05, 4.69) is 62.5 Å². The summed E-state index contributed by atoms with van der Waals surface area (Å²) in [7, 11) is 0. The van der Waals surface area contributed by atoms with Crippen molar-refractivity contribution in [2.45, 2.75) is 13.5 Å². The van der Waals surface area contributed by atoms with Crippen molar-refractivity contribution in [3.63, 3.8) is 0 Å². The summed E-state index contributed by atoms with van der Waals surface area (Å²) in [6.07, 6.45) is 1.58. The number of hydrazone groups is 1. The molecule has 9 heteroatoms. The molecule has 2 N–H and O–H groups in total. The molecule has 0 fully saturated rings. The van der Waals surface area contributed by atoms with E-state index in [9.17, 15) is 9.18 Å². The quantitative estimate of drug-likeness (QED) is 0.0955. The molecule has 6 nitrogen and oxygen atoms in total. The van der Waals surface area contributed by atoms with Crippen molar-refractivity contribution in [3.05, 3.63) is 128 Å². The molecule has 1 amide bonds. The third-order valence-corrected chi connectivity index (χ3v) is 7.49. The Morgan fingerprint density at radius 2 is 1.77 bits per heavy atom. The number of anilines is 2. The second-order valence-corrected chi connectivity index (χ2v) is 10.9. The number of ether oxygens (including phenoxy) is 1. The number of benzene rings is 4. The molecule has 0 saturated heterocycles. The van der Waals surface area contributed by atoms with Crippen molar-refractivity contribution in [2.24, 2.45) is 5.10 Å². The van der Waals surface area contributed by atoms with Crippen LogP contribution in [0.2, 0.25) is 0 Å². The van der Waals surface area contributed by atoms with E-state index in [1.54, 1.807) is 30.5 Å². The molecule has 0 aliphatic heterocycles. The lowest BCUT2D eigenvalue weighted by Gasteiger charge is -2.09. The van der Waals surface area contributed by atoms with Crippen LogP contribution in [0.4, 0.5) is 15.2 Å². The van der Waals surface area contributed by atoms with Gasteiger partial charge in [0, 0.05) is 22.2 Å². The van der Waals surface area contributed by atoms with Gasteiger partial charge in [0.15, 0.2) is 5.13 Å². The minimum absolute atomic E-state index is 0.275. The number of hydrogen-bond donors (Lipinski definition) is 2. The normalized spacial score (nSPS) is 11.0. The molecule has 0 atom stereocenters. The van der Waals surface area contributed by atoms with Crippen molar-refractivity contribution >= 4 is 56.9 Å². The Kier molecular flexibility index (Phi) is 8.82. The number of thiazole rings is 1. The summed E-state index contributed by atoms with van der Waals surface area (Å²) in [5, 5.41) is 10.2. The molecule has 0 bridgehead atoms. The van der Waals surface area contributed by atoms with Crippen molar-refractivity contribution in [1.29, 1.82) is 0 Å². The molecule has 0 aliphatic carbocycles. The monoisotopic (exact) mass is 662 g/mol. The third kappa shape index (κ3) is 7.30. The molecule has 0 unspecified atom stereocenters. The third-order valence-electron chi connectivity index (χ3n) is 5.89. The van der Waals surface area contributed by atoms with Gasteiger partial charge in [-0.3, -0.25) is 4.79 Å². The summed E-state index contributed by atoms with van der Waals surface area (Å²) in [5.74, 6) is 0.129. The van der Waals surface area contributed by atoms with Gasteiger partial charge in [0.05, 0.1) is 15.5 Å². The van der Waals surface area contributed by atoms with Gasteiger partial charge >= 0.3 is 0 Å². The van der Waals surface area contributed by atoms with E-state index >= 15 is 0 Å². The average Bonchev–Trinajstić information content (AvgIpc) is 3.43. The van der Waals surface area contributed by atoms with E-state index in [0.717, 1.165) is 36.8 Å². The maximum absolute atomic E-state index is 13.1. The Hall–Kier alpha value is -4.09. The first-order chi connectivity index (χ1) is 19.4. The minimum atomic E-state index is -0.309. The molecule has 4 aromatic carbocycles. The molecule has 0 aliphatic rings. The van der Waals surface area contributed by atoms with Crippen LogP contribution in [0.3, 0.4) is 0 Å². The summed E-state index contributed by atoms with van der Waals surface area (Å²) in [5.41, 5.74) is 8.70. The summed E-state index contributed by atoms with van der Waals surface area (Å²) in [6.45, 7) is 2.39. The fraction of sp³-hybridized carbons (Fsp3) is 0.0645. The fourth-order valence-corrected chi connectivity index (χ4v) is 5.14. The number of aryl methyl sites for hydroxylation is 1. The highest BCUT2D eigenvalue weighted by Gasteiger charge is 2.09. The molecule has 5 rings (SSSR count).